The molecule has 1 rings (SSSR count). The zero-order valence-corrected chi connectivity index (χ0v) is 21.6. The number of esters is 1. The molecule has 0 aliphatic carbocycles. The molecular weight excluding hydrogens is 396 g/mol. The lowest BCUT2D eigenvalue weighted by Crippen LogP contribution is -2.16. The lowest BCUT2D eigenvalue weighted by atomic mass is 10.0. The highest BCUT2D eigenvalue weighted by Gasteiger charge is 2.14. The van der Waals surface area contributed by atoms with Crippen LogP contribution >= 0.6 is 0 Å². The number of ether oxygens (including phenoxy) is 1. The van der Waals surface area contributed by atoms with Gasteiger partial charge in [0.2, 0.25) is 0 Å². The summed E-state index contributed by atoms with van der Waals surface area (Å²) >= 11 is 0. The van der Waals surface area contributed by atoms with Gasteiger partial charge in [0.05, 0.1) is 18.6 Å². The van der Waals surface area contributed by atoms with Crippen LogP contribution in [-0.4, -0.2) is 23.8 Å². The van der Waals surface area contributed by atoms with Gasteiger partial charge in [0, 0.05) is 0 Å². The summed E-state index contributed by atoms with van der Waals surface area (Å²) in [6.45, 7) is 2.52. The van der Waals surface area contributed by atoms with Crippen LogP contribution in [0.5, 0.6) is 0 Å². The van der Waals surface area contributed by atoms with E-state index >= 15 is 0 Å². The Kier molecular flexibility index (Phi) is 20.5. The number of aliphatic hydroxyl groups is 1. The Morgan fingerprint density at radius 2 is 0.844 bits per heavy atom. The normalized spacial score (nSPS) is 27.4. The summed E-state index contributed by atoms with van der Waals surface area (Å²) in [5, 5.41) is 10.2. The number of carbonyl (C=O) groups is 1. The van der Waals surface area contributed by atoms with Gasteiger partial charge in [-0.15, -0.1) is 0 Å². The van der Waals surface area contributed by atoms with Gasteiger partial charge in [-0.05, 0) is 32.1 Å². The fourth-order valence-corrected chi connectivity index (χ4v) is 4.89. The lowest BCUT2D eigenvalue weighted by molar-refractivity contribution is -0.148. The van der Waals surface area contributed by atoms with Crippen molar-refractivity contribution in [1.82, 2.24) is 0 Å². The van der Waals surface area contributed by atoms with E-state index in [0.717, 1.165) is 44.9 Å². The Morgan fingerprint density at radius 1 is 0.531 bits per heavy atom. The molecule has 1 unspecified atom stereocenters. The predicted octanol–water partition coefficient (Wildman–Crippen LogP) is 8.90. The van der Waals surface area contributed by atoms with Crippen molar-refractivity contribution in [2.24, 2.45) is 5.92 Å². The van der Waals surface area contributed by atoms with Crippen molar-refractivity contribution in [3.05, 3.63) is 0 Å². The molecule has 0 aromatic heterocycles. The van der Waals surface area contributed by atoms with E-state index in [0.29, 0.717) is 6.61 Å². The number of carbonyl (C=O) groups excluding carboxylic acids is 1. The standard InChI is InChI=1S/C29H56O3/c1-27-23-19-17-15-13-11-9-7-5-3-2-4-6-8-10-12-14-16-18-20-24-28(30)25-21-22-26-32-29(27)31/h27-28,30H,2-26H2,1H3/t27-,28?/m0/s1. The minimum Gasteiger partial charge on any atom is -0.465 e. The molecule has 1 saturated heterocycles. The number of aliphatic hydroxyl groups excluding tert-OH is 1. The number of hydrogen-bond acceptors (Lipinski definition) is 3. The summed E-state index contributed by atoms with van der Waals surface area (Å²) in [6.07, 6.45) is 30.1. The van der Waals surface area contributed by atoms with Gasteiger partial charge in [-0.2, -0.15) is 0 Å². The van der Waals surface area contributed by atoms with Gasteiger partial charge in [0.1, 0.15) is 0 Å². The molecule has 1 heterocycles. The van der Waals surface area contributed by atoms with Crippen LogP contribution in [0.1, 0.15) is 161 Å². The minimum atomic E-state index is -0.180. The van der Waals surface area contributed by atoms with Gasteiger partial charge in [0.25, 0.3) is 0 Å². The molecule has 0 aromatic carbocycles. The van der Waals surface area contributed by atoms with Crippen LogP contribution in [0.25, 0.3) is 0 Å². The van der Waals surface area contributed by atoms with Gasteiger partial charge >= 0.3 is 5.97 Å². The van der Waals surface area contributed by atoms with Gasteiger partial charge < -0.3 is 9.84 Å². The number of rotatable bonds is 0. The second-order valence-electron chi connectivity index (χ2n) is 10.5. The van der Waals surface area contributed by atoms with Crippen molar-refractivity contribution in [2.45, 2.75) is 167 Å². The van der Waals surface area contributed by atoms with E-state index in [2.05, 4.69) is 0 Å². The molecule has 2 atom stereocenters. The van der Waals surface area contributed by atoms with Crippen LogP contribution in [0.3, 0.4) is 0 Å². The summed E-state index contributed by atoms with van der Waals surface area (Å²) in [6, 6.07) is 0. The molecule has 0 aromatic rings. The van der Waals surface area contributed by atoms with Gasteiger partial charge in [-0.3, -0.25) is 4.79 Å². The zero-order valence-electron chi connectivity index (χ0n) is 21.6. The molecule has 0 saturated carbocycles. The maximum atomic E-state index is 12.1. The van der Waals surface area contributed by atoms with Crippen molar-refractivity contribution in [3.8, 4) is 0 Å². The minimum absolute atomic E-state index is 0.0247. The van der Waals surface area contributed by atoms with Crippen molar-refractivity contribution >= 4 is 5.97 Å². The van der Waals surface area contributed by atoms with E-state index in [1.807, 2.05) is 6.92 Å². The summed E-state index contributed by atoms with van der Waals surface area (Å²) in [5.74, 6) is -0.00820. The maximum absolute atomic E-state index is 12.1. The third-order valence-electron chi connectivity index (χ3n) is 7.25. The Bertz CT molecular complexity index is 409. The second-order valence-corrected chi connectivity index (χ2v) is 10.5. The first-order chi connectivity index (χ1) is 15.7. The van der Waals surface area contributed by atoms with Crippen molar-refractivity contribution in [1.29, 1.82) is 0 Å². The van der Waals surface area contributed by atoms with E-state index < -0.39 is 0 Å². The first-order valence-electron chi connectivity index (χ1n) is 14.5. The lowest BCUT2D eigenvalue weighted by Gasteiger charge is -2.13. The Hall–Kier alpha value is -0.570. The second kappa shape index (κ2) is 22.2. The molecule has 3 nitrogen and oxygen atoms in total. The van der Waals surface area contributed by atoms with Crippen molar-refractivity contribution in [3.63, 3.8) is 0 Å². The van der Waals surface area contributed by atoms with Crippen LogP contribution in [0.15, 0.2) is 0 Å². The Morgan fingerprint density at radius 3 is 1.25 bits per heavy atom. The molecule has 0 radical (unpaired) electrons. The molecule has 0 bridgehead atoms. The molecule has 1 N–H and O–H groups in total. The highest BCUT2D eigenvalue weighted by atomic mass is 16.5. The highest BCUT2D eigenvalue weighted by molar-refractivity contribution is 5.71. The molecule has 3 heteroatoms. The topological polar surface area (TPSA) is 46.5 Å². The van der Waals surface area contributed by atoms with E-state index in [-0.39, 0.29) is 18.0 Å². The quantitative estimate of drug-likeness (QED) is 0.373. The van der Waals surface area contributed by atoms with Crippen LogP contribution < -0.4 is 0 Å². The molecular formula is C29H56O3. The third kappa shape index (κ3) is 18.9. The molecule has 1 aliphatic heterocycles. The van der Waals surface area contributed by atoms with E-state index in [1.54, 1.807) is 0 Å². The summed E-state index contributed by atoms with van der Waals surface area (Å²) in [4.78, 5) is 12.1. The maximum Gasteiger partial charge on any atom is 0.308 e. The molecule has 1 aliphatic rings. The van der Waals surface area contributed by atoms with Gasteiger partial charge in [-0.25, -0.2) is 0 Å². The molecule has 190 valence electrons. The monoisotopic (exact) mass is 452 g/mol. The largest absolute Gasteiger partial charge is 0.465 e. The van der Waals surface area contributed by atoms with Crippen molar-refractivity contribution < 1.29 is 14.6 Å². The third-order valence-corrected chi connectivity index (χ3v) is 7.25. The van der Waals surface area contributed by atoms with Crippen LogP contribution in [0.2, 0.25) is 0 Å². The average Bonchev–Trinajstić information content (AvgIpc) is 2.78. The van der Waals surface area contributed by atoms with Crippen LogP contribution in [0.4, 0.5) is 0 Å². The van der Waals surface area contributed by atoms with Gasteiger partial charge in [-0.1, -0.05) is 129 Å². The number of hydrogen-bond donors (Lipinski definition) is 1. The smallest absolute Gasteiger partial charge is 0.308 e. The van der Waals surface area contributed by atoms with E-state index in [1.165, 1.54) is 109 Å². The Balaban J connectivity index is 2.19. The van der Waals surface area contributed by atoms with Gasteiger partial charge in [0.15, 0.2) is 0 Å². The number of cyclic esters (lactones) is 1. The molecule has 0 amide bonds. The first-order valence-corrected chi connectivity index (χ1v) is 14.5. The van der Waals surface area contributed by atoms with Crippen molar-refractivity contribution in [2.75, 3.05) is 6.61 Å². The summed E-state index contributed by atoms with van der Waals surface area (Å²) < 4.78 is 5.46. The average molecular weight is 453 g/mol. The molecule has 0 spiro atoms. The fraction of sp³-hybridized carbons (Fsp3) is 0.966. The van der Waals surface area contributed by atoms with Crippen LogP contribution in [0, 0.1) is 5.92 Å². The zero-order chi connectivity index (χ0) is 23.1. The summed E-state index contributed by atoms with van der Waals surface area (Å²) in [5.41, 5.74) is 0. The molecule has 32 heavy (non-hydrogen) atoms. The summed E-state index contributed by atoms with van der Waals surface area (Å²) in [7, 11) is 0. The Labute approximate surface area is 200 Å². The molecule has 1 fully saturated rings. The van der Waals surface area contributed by atoms with E-state index in [9.17, 15) is 9.90 Å². The fourth-order valence-electron chi connectivity index (χ4n) is 4.89. The SMILES string of the molecule is C[C@H]1CCCCCCCCCCCCCCCCCCCCCC(O)CCCCOC1=O. The first kappa shape index (κ1) is 29.5. The predicted molar refractivity (Wildman–Crippen MR) is 137 cm³/mol. The van der Waals surface area contributed by atoms with E-state index in [4.69, 9.17) is 4.74 Å². The van der Waals surface area contributed by atoms with Crippen LogP contribution in [-0.2, 0) is 9.53 Å². The highest BCUT2D eigenvalue weighted by Crippen LogP contribution is 2.17.